The number of aryl methyl sites for hydroxylation is 1. The summed E-state index contributed by atoms with van der Waals surface area (Å²) in [6.07, 6.45) is 5.74. The van der Waals surface area contributed by atoms with Crippen molar-refractivity contribution in [3.63, 3.8) is 0 Å². The van der Waals surface area contributed by atoms with Gasteiger partial charge in [-0.15, -0.1) is 0 Å². The molecule has 0 radical (unpaired) electrons. The van der Waals surface area contributed by atoms with Crippen LogP contribution in [0.4, 0.5) is 0 Å². The van der Waals surface area contributed by atoms with E-state index in [1.165, 1.54) is 0 Å². The average molecular weight is 458 g/mol. The number of Topliss-reactive ketones (excluding diaryl/α,β-unsaturated/α-hetero) is 1. The molecule has 0 saturated carbocycles. The van der Waals surface area contributed by atoms with Gasteiger partial charge in [-0.3, -0.25) is 4.79 Å². The van der Waals surface area contributed by atoms with E-state index < -0.39 is 0 Å². The molecule has 160 valence electrons. The molecule has 0 saturated heterocycles. The third-order valence-corrected chi connectivity index (χ3v) is 6.29. The minimum absolute atomic E-state index is 0.0873. The number of benzene rings is 3. The van der Waals surface area contributed by atoms with E-state index in [0.717, 1.165) is 51.7 Å². The third kappa shape index (κ3) is 5.48. The monoisotopic (exact) mass is 457 g/mol. The number of rotatable bonds is 7. The fraction of sp³-hybridized carbons (Fsp3) is 0.143. The predicted octanol–water partition coefficient (Wildman–Crippen LogP) is 7.86. The number of carbonyl (C=O) groups excluding carboxylic acids is 1. The lowest BCUT2D eigenvalue weighted by atomic mass is 9.97. The van der Waals surface area contributed by atoms with E-state index in [9.17, 15) is 4.79 Å². The number of aromatic nitrogens is 1. The van der Waals surface area contributed by atoms with Gasteiger partial charge in [0.25, 0.3) is 0 Å². The SMILES string of the molecule is CC(=O)c1ccccc1CC[C@@H](S)c1cccc(C=Cc2ccc3ccc(Cl)cc3n2)c1. The summed E-state index contributed by atoms with van der Waals surface area (Å²) < 4.78 is 0. The van der Waals surface area contributed by atoms with Gasteiger partial charge in [-0.25, -0.2) is 4.98 Å². The van der Waals surface area contributed by atoms with Crippen LogP contribution in [-0.4, -0.2) is 10.8 Å². The number of nitrogens with zero attached hydrogens (tertiary/aromatic N) is 1. The van der Waals surface area contributed by atoms with E-state index in [0.29, 0.717) is 5.02 Å². The van der Waals surface area contributed by atoms with Crippen LogP contribution < -0.4 is 0 Å². The third-order valence-electron chi connectivity index (χ3n) is 5.50. The first kappa shape index (κ1) is 22.3. The zero-order chi connectivity index (χ0) is 22.5. The number of fused-ring (bicyclic) bond motifs is 1. The Bertz CT molecular complexity index is 1300. The van der Waals surface area contributed by atoms with Gasteiger partial charge in [0.15, 0.2) is 5.78 Å². The summed E-state index contributed by atoms with van der Waals surface area (Å²) in [6.45, 7) is 1.62. The first-order valence-electron chi connectivity index (χ1n) is 10.6. The highest BCUT2D eigenvalue weighted by molar-refractivity contribution is 7.80. The van der Waals surface area contributed by atoms with Crippen LogP contribution >= 0.6 is 24.2 Å². The van der Waals surface area contributed by atoms with Crippen molar-refractivity contribution in [3.8, 4) is 0 Å². The summed E-state index contributed by atoms with van der Waals surface area (Å²) >= 11 is 10.9. The quantitative estimate of drug-likeness (QED) is 0.226. The molecule has 0 aliphatic carbocycles. The van der Waals surface area contributed by atoms with Gasteiger partial charge in [-0.1, -0.05) is 78.3 Å². The molecule has 0 aliphatic heterocycles. The number of thiol groups is 1. The molecule has 0 fully saturated rings. The van der Waals surface area contributed by atoms with Crippen LogP contribution in [0.2, 0.25) is 5.02 Å². The Morgan fingerprint density at radius 2 is 1.81 bits per heavy atom. The number of pyridine rings is 1. The van der Waals surface area contributed by atoms with Gasteiger partial charge in [0.1, 0.15) is 0 Å². The summed E-state index contributed by atoms with van der Waals surface area (Å²) in [7, 11) is 0. The minimum atomic E-state index is 0.0873. The largest absolute Gasteiger partial charge is 0.295 e. The number of carbonyl (C=O) groups is 1. The molecule has 4 rings (SSSR count). The zero-order valence-electron chi connectivity index (χ0n) is 17.8. The molecule has 3 aromatic carbocycles. The second-order valence-corrected chi connectivity index (χ2v) is 8.90. The summed E-state index contributed by atoms with van der Waals surface area (Å²) in [6, 6.07) is 26.0. The van der Waals surface area contributed by atoms with Crippen molar-refractivity contribution < 1.29 is 4.79 Å². The first-order chi connectivity index (χ1) is 15.5. The molecule has 0 aliphatic rings. The second-order valence-electron chi connectivity index (χ2n) is 7.84. The Morgan fingerprint density at radius 1 is 1.00 bits per heavy atom. The van der Waals surface area contributed by atoms with Crippen LogP contribution in [0.3, 0.4) is 0 Å². The van der Waals surface area contributed by atoms with Crippen LogP contribution in [-0.2, 0) is 6.42 Å². The van der Waals surface area contributed by atoms with Gasteiger partial charge in [0, 0.05) is 21.2 Å². The minimum Gasteiger partial charge on any atom is -0.295 e. The molecule has 0 unspecified atom stereocenters. The van der Waals surface area contributed by atoms with Crippen LogP contribution in [0.1, 0.15) is 51.3 Å². The highest BCUT2D eigenvalue weighted by atomic mass is 35.5. The van der Waals surface area contributed by atoms with E-state index >= 15 is 0 Å². The van der Waals surface area contributed by atoms with Gasteiger partial charge in [0.05, 0.1) is 11.2 Å². The number of hydrogen-bond donors (Lipinski definition) is 1. The normalized spacial score (nSPS) is 12.3. The topological polar surface area (TPSA) is 30.0 Å². The molecular weight excluding hydrogens is 434 g/mol. The lowest BCUT2D eigenvalue weighted by molar-refractivity contribution is 0.101. The maximum Gasteiger partial charge on any atom is 0.160 e. The van der Waals surface area contributed by atoms with Crippen molar-refractivity contribution in [2.45, 2.75) is 25.0 Å². The Hall–Kier alpha value is -2.88. The van der Waals surface area contributed by atoms with E-state index in [4.69, 9.17) is 24.2 Å². The van der Waals surface area contributed by atoms with Crippen molar-refractivity contribution in [2.24, 2.45) is 0 Å². The molecule has 0 spiro atoms. The first-order valence-corrected chi connectivity index (χ1v) is 11.5. The molecule has 0 amide bonds. The molecule has 4 heteroatoms. The van der Waals surface area contributed by atoms with Crippen molar-refractivity contribution in [3.05, 3.63) is 112 Å². The summed E-state index contributed by atoms with van der Waals surface area (Å²) in [5.74, 6) is 0.105. The standard InChI is InChI=1S/C28H24ClNOS/c1-19(31)26-8-3-2-6-21(26)12-16-28(32)23-7-4-5-20(17-23)9-14-25-15-11-22-10-13-24(29)18-27(22)30-25/h2-11,13-15,17-18,28,32H,12,16H2,1H3/t28-/m1/s1. The van der Waals surface area contributed by atoms with Crippen molar-refractivity contribution in [1.82, 2.24) is 4.98 Å². The summed E-state index contributed by atoms with van der Waals surface area (Å²) in [5, 5.41) is 1.84. The summed E-state index contributed by atoms with van der Waals surface area (Å²) in [4.78, 5) is 16.5. The maximum atomic E-state index is 11.9. The average Bonchev–Trinajstić information content (AvgIpc) is 2.81. The highest BCUT2D eigenvalue weighted by Crippen LogP contribution is 2.27. The smallest absolute Gasteiger partial charge is 0.160 e. The van der Waals surface area contributed by atoms with Crippen LogP contribution in [0.25, 0.3) is 23.1 Å². The van der Waals surface area contributed by atoms with Crippen molar-refractivity contribution >= 4 is 53.1 Å². The lowest BCUT2D eigenvalue weighted by Gasteiger charge is -2.13. The maximum absolute atomic E-state index is 11.9. The van der Waals surface area contributed by atoms with Crippen LogP contribution in [0.15, 0.2) is 78.9 Å². The number of halogens is 1. The molecule has 1 aromatic heterocycles. The molecule has 32 heavy (non-hydrogen) atoms. The summed E-state index contributed by atoms with van der Waals surface area (Å²) in [5.41, 5.74) is 5.90. The van der Waals surface area contributed by atoms with E-state index in [-0.39, 0.29) is 11.0 Å². The van der Waals surface area contributed by atoms with Gasteiger partial charge in [-0.05, 0) is 60.7 Å². The molecular formula is C28H24ClNOS. The molecule has 0 bridgehead atoms. The predicted molar refractivity (Wildman–Crippen MR) is 139 cm³/mol. The van der Waals surface area contributed by atoms with Crippen molar-refractivity contribution in [1.29, 1.82) is 0 Å². The Labute approximate surface area is 199 Å². The number of ketones is 1. The van der Waals surface area contributed by atoms with Gasteiger partial charge >= 0.3 is 0 Å². The Morgan fingerprint density at radius 3 is 2.66 bits per heavy atom. The molecule has 1 heterocycles. The Balaban J connectivity index is 1.47. The van der Waals surface area contributed by atoms with Gasteiger partial charge in [0.2, 0.25) is 0 Å². The zero-order valence-corrected chi connectivity index (χ0v) is 19.5. The Kier molecular flexibility index (Phi) is 7.09. The van der Waals surface area contributed by atoms with Crippen LogP contribution in [0.5, 0.6) is 0 Å². The van der Waals surface area contributed by atoms with Gasteiger partial charge in [-0.2, -0.15) is 12.6 Å². The fourth-order valence-corrected chi connectivity index (χ4v) is 4.25. The molecule has 0 N–H and O–H groups in total. The van der Waals surface area contributed by atoms with E-state index in [1.54, 1.807) is 6.92 Å². The lowest BCUT2D eigenvalue weighted by Crippen LogP contribution is -2.01. The van der Waals surface area contributed by atoms with E-state index in [1.807, 2.05) is 54.6 Å². The molecule has 4 aromatic rings. The van der Waals surface area contributed by atoms with Crippen molar-refractivity contribution in [2.75, 3.05) is 0 Å². The molecule has 2 nitrogen and oxygen atoms in total. The number of hydrogen-bond acceptors (Lipinski definition) is 3. The fourth-order valence-electron chi connectivity index (χ4n) is 3.79. The van der Waals surface area contributed by atoms with E-state index in [2.05, 4.69) is 41.4 Å². The highest BCUT2D eigenvalue weighted by Gasteiger charge is 2.11. The second kappa shape index (κ2) is 10.2. The van der Waals surface area contributed by atoms with Gasteiger partial charge < -0.3 is 0 Å². The van der Waals surface area contributed by atoms with Crippen LogP contribution in [0, 0.1) is 0 Å². The molecule has 1 atom stereocenters.